The van der Waals surface area contributed by atoms with Gasteiger partial charge in [0.05, 0.1) is 37.1 Å². The van der Waals surface area contributed by atoms with Gasteiger partial charge in [0.25, 0.3) is 12.3 Å². The minimum atomic E-state index is -2.87. The third kappa shape index (κ3) is 7.34. The number of nitrogens with zero attached hydrogens (tertiary/aromatic N) is 3. The van der Waals surface area contributed by atoms with Crippen LogP contribution >= 0.6 is 23.4 Å². The van der Waals surface area contributed by atoms with Crippen LogP contribution < -0.4 is 10.1 Å². The number of nitriles is 1. The van der Waals surface area contributed by atoms with Crippen LogP contribution in [0.5, 0.6) is 5.75 Å². The largest absolute Gasteiger partial charge is 0.494 e. The number of pyridine rings is 2. The van der Waals surface area contributed by atoms with E-state index in [2.05, 4.69) is 27.1 Å². The Kier molecular flexibility index (Phi) is 9.27. The van der Waals surface area contributed by atoms with Crippen LogP contribution in [0.1, 0.15) is 33.7 Å². The molecule has 1 amide bonds. The number of aromatic nitrogens is 2. The molecule has 0 unspecified atom stereocenters. The fraction of sp³-hybridized carbons (Fsp3) is 0.120. The zero-order valence-corrected chi connectivity index (χ0v) is 20.7. The Morgan fingerprint density at radius 3 is 2.57 bits per heavy atom. The van der Waals surface area contributed by atoms with Gasteiger partial charge in [0.1, 0.15) is 16.5 Å². The summed E-state index contributed by atoms with van der Waals surface area (Å²) in [6, 6.07) is 11.1. The fourth-order valence-electron chi connectivity index (χ4n) is 3.02. The summed E-state index contributed by atoms with van der Waals surface area (Å²) >= 11 is 6.44. The van der Waals surface area contributed by atoms with Crippen molar-refractivity contribution in [3.8, 4) is 34.8 Å². The summed E-state index contributed by atoms with van der Waals surface area (Å²) in [6.07, 6.45) is -0.657. The molecule has 2 heterocycles. The second kappa shape index (κ2) is 12.6. The molecule has 3 rings (SSSR count). The van der Waals surface area contributed by atoms with Crippen molar-refractivity contribution in [2.24, 2.45) is 0 Å². The second-order valence-electron chi connectivity index (χ2n) is 7.14. The molecule has 0 atom stereocenters. The predicted molar refractivity (Wildman–Crippen MR) is 137 cm³/mol. The summed E-state index contributed by atoms with van der Waals surface area (Å²) < 4.78 is 31.9. The molecule has 0 fully saturated rings. The Balaban J connectivity index is 1.86. The van der Waals surface area contributed by atoms with Gasteiger partial charge in [-0.1, -0.05) is 17.5 Å². The summed E-state index contributed by atoms with van der Waals surface area (Å²) in [4.78, 5) is 20.8. The average molecular weight is 539 g/mol. The molecule has 3 N–H and O–H groups in total. The number of nitrogens with one attached hydrogen (secondary N) is 3. The highest BCUT2D eigenvalue weighted by Crippen LogP contribution is 2.34. The lowest BCUT2D eigenvalue weighted by Gasteiger charge is -2.15. The highest BCUT2D eigenvalue weighted by atomic mass is 35.5. The number of methoxy groups -OCH3 is 1. The van der Waals surface area contributed by atoms with Crippen LogP contribution in [0.3, 0.4) is 0 Å². The maximum absolute atomic E-state index is 13.3. The van der Waals surface area contributed by atoms with E-state index in [0.717, 1.165) is 12.3 Å². The first-order valence-corrected chi connectivity index (χ1v) is 11.5. The molecule has 0 saturated heterocycles. The third-order valence-electron chi connectivity index (χ3n) is 4.68. The SMILES string of the molecule is COc1cnc(C(F)F)cc1-c1cc(CC#N)ncc1C(=O)NC(=N)SC(=N)C#Cc1ccc(Cl)cc1. The van der Waals surface area contributed by atoms with Crippen LogP contribution in [0.25, 0.3) is 11.1 Å². The summed E-state index contributed by atoms with van der Waals surface area (Å²) in [5, 5.41) is 27.4. The fourth-order valence-corrected chi connectivity index (χ4v) is 3.59. The van der Waals surface area contributed by atoms with E-state index in [9.17, 15) is 13.6 Å². The third-order valence-corrected chi connectivity index (χ3v) is 5.55. The molecule has 0 radical (unpaired) electrons. The van der Waals surface area contributed by atoms with Crippen molar-refractivity contribution in [3.63, 3.8) is 0 Å². The first-order chi connectivity index (χ1) is 17.7. The number of amides is 1. The van der Waals surface area contributed by atoms with Gasteiger partial charge < -0.3 is 10.1 Å². The van der Waals surface area contributed by atoms with Crippen LogP contribution in [0.4, 0.5) is 8.78 Å². The molecule has 8 nitrogen and oxygen atoms in total. The quantitative estimate of drug-likeness (QED) is 0.231. The summed E-state index contributed by atoms with van der Waals surface area (Å²) in [5.74, 6) is 4.68. The molecule has 0 bridgehead atoms. The minimum absolute atomic E-state index is 0.0597. The number of ether oxygens (including phenoxy) is 1. The van der Waals surface area contributed by atoms with Crippen molar-refractivity contribution in [2.75, 3.05) is 7.11 Å². The Morgan fingerprint density at radius 1 is 1.19 bits per heavy atom. The first-order valence-electron chi connectivity index (χ1n) is 10.3. The number of benzene rings is 1. The number of hydrogen-bond donors (Lipinski definition) is 3. The van der Waals surface area contributed by atoms with Crippen molar-refractivity contribution in [1.82, 2.24) is 15.3 Å². The van der Waals surface area contributed by atoms with Gasteiger partial charge >= 0.3 is 0 Å². The van der Waals surface area contributed by atoms with E-state index in [1.54, 1.807) is 24.3 Å². The lowest BCUT2D eigenvalue weighted by atomic mass is 9.98. The van der Waals surface area contributed by atoms with Gasteiger partial charge in [0.2, 0.25) is 0 Å². The normalized spacial score (nSPS) is 10.2. The van der Waals surface area contributed by atoms with Crippen molar-refractivity contribution >= 4 is 39.5 Å². The Hall–Kier alpha value is -4.32. The molecular weight excluding hydrogens is 522 g/mol. The lowest BCUT2D eigenvalue weighted by molar-refractivity contribution is 0.0978. The summed E-state index contributed by atoms with van der Waals surface area (Å²) in [5.41, 5.74) is 0.630. The van der Waals surface area contributed by atoms with E-state index < -0.39 is 18.0 Å². The summed E-state index contributed by atoms with van der Waals surface area (Å²) in [6.45, 7) is 0. The zero-order valence-electron chi connectivity index (χ0n) is 19.1. The van der Waals surface area contributed by atoms with Crippen molar-refractivity contribution in [3.05, 3.63) is 76.3 Å². The Morgan fingerprint density at radius 2 is 1.92 bits per heavy atom. The van der Waals surface area contributed by atoms with Crippen LogP contribution in [0.15, 0.2) is 48.8 Å². The van der Waals surface area contributed by atoms with Gasteiger partial charge in [-0.3, -0.25) is 25.6 Å². The number of carbonyl (C=O) groups is 1. The maximum atomic E-state index is 13.3. The van der Waals surface area contributed by atoms with E-state index >= 15 is 0 Å². The highest BCUT2D eigenvalue weighted by Gasteiger charge is 2.21. The molecule has 3 aromatic rings. The number of alkyl halides is 2. The number of hydrogen-bond acceptors (Lipinski definition) is 8. The molecule has 37 heavy (non-hydrogen) atoms. The molecule has 186 valence electrons. The number of rotatable bonds is 5. The van der Waals surface area contributed by atoms with Crippen LogP contribution in [0, 0.1) is 34.0 Å². The first kappa shape index (κ1) is 27.3. The Labute approximate surface area is 220 Å². The molecule has 0 aliphatic rings. The lowest BCUT2D eigenvalue weighted by Crippen LogP contribution is -2.29. The van der Waals surface area contributed by atoms with Gasteiger partial charge in [-0.25, -0.2) is 8.78 Å². The van der Waals surface area contributed by atoms with Crippen molar-refractivity contribution in [2.45, 2.75) is 12.8 Å². The summed E-state index contributed by atoms with van der Waals surface area (Å²) in [7, 11) is 1.32. The highest BCUT2D eigenvalue weighted by molar-refractivity contribution is 8.26. The standard InChI is InChI=1S/C25H17ClF2N6O2S/c1-36-21-13-33-20(23(27)28)11-18(21)17-10-16(8-9-29)32-12-19(17)24(35)34-25(31)37-22(30)7-4-14-2-5-15(26)6-3-14/h2-3,5-6,10-13,23,30H,8H2,1H3,(H2,31,34,35). The van der Waals surface area contributed by atoms with Gasteiger partial charge in [-0.15, -0.1) is 0 Å². The average Bonchev–Trinajstić information content (AvgIpc) is 2.87. The monoisotopic (exact) mass is 538 g/mol. The predicted octanol–water partition coefficient (Wildman–Crippen LogP) is 5.24. The molecule has 0 saturated carbocycles. The van der Waals surface area contributed by atoms with Crippen LogP contribution in [-0.2, 0) is 6.42 Å². The van der Waals surface area contributed by atoms with Gasteiger partial charge in [0.15, 0.2) is 5.17 Å². The van der Waals surface area contributed by atoms with E-state index in [0.29, 0.717) is 28.0 Å². The topological polar surface area (TPSA) is 136 Å². The van der Waals surface area contributed by atoms with E-state index in [1.807, 2.05) is 6.07 Å². The van der Waals surface area contributed by atoms with Gasteiger partial charge in [-0.05, 0) is 54.1 Å². The molecule has 2 aromatic heterocycles. The molecule has 0 spiro atoms. The minimum Gasteiger partial charge on any atom is -0.494 e. The molecular formula is C25H17ClF2N6O2S. The van der Waals surface area contributed by atoms with E-state index in [4.69, 9.17) is 32.4 Å². The zero-order chi connectivity index (χ0) is 26.9. The number of halogens is 3. The van der Waals surface area contributed by atoms with Crippen molar-refractivity contribution in [1.29, 1.82) is 16.1 Å². The van der Waals surface area contributed by atoms with Crippen LogP contribution in [0.2, 0.25) is 5.02 Å². The molecule has 1 aromatic carbocycles. The van der Waals surface area contributed by atoms with Gasteiger partial charge in [-0.2, -0.15) is 5.26 Å². The smallest absolute Gasteiger partial charge is 0.280 e. The van der Waals surface area contributed by atoms with E-state index in [-0.39, 0.29) is 39.1 Å². The Bertz CT molecular complexity index is 1460. The number of amidine groups is 1. The number of thioether (sulfide) groups is 1. The van der Waals surface area contributed by atoms with E-state index in [1.165, 1.54) is 19.4 Å². The number of carbonyl (C=O) groups excluding carboxylic acids is 1. The molecule has 0 aliphatic heterocycles. The molecule has 12 heteroatoms. The van der Waals surface area contributed by atoms with Gasteiger partial charge in [0, 0.05) is 27.9 Å². The second-order valence-corrected chi connectivity index (χ2v) is 8.59. The molecule has 0 aliphatic carbocycles. The van der Waals surface area contributed by atoms with Crippen LogP contribution in [-0.4, -0.2) is 33.2 Å². The van der Waals surface area contributed by atoms with Crippen molar-refractivity contribution < 1.29 is 18.3 Å². The maximum Gasteiger partial charge on any atom is 0.280 e.